The van der Waals surface area contributed by atoms with E-state index in [1.807, 2.05) is 23.6 Å². The standard InChI is InChI=1S/C22H32N2O3S/c1-16-5-4-6-19(11-16)14-28-15-21(25)23-9-7-20(8-10-23)22(26)24-12-17(2)27-18(3)13-24/h4-6,11,17-18,20H,7-10,12-15H2,1-3H3. The number of carbonyl (C=O) groups is 2. The number of amides is 2. The number of thioether (sulfide) groups is 1. The maximum absolute atomic E-state index is 12.8. The lowest BCUT2D eigenvalue weighted by molar-refractivity contribution is -0.150. The van der Waals surface area contributed by atoms with Gasteiger partial charge in [-0.05, 0) is 39.2 Å². The molecule has 1 aromatic carbocycles. The number of aryl methyl sites for hydroxylation is 1. The SMILES string of the molecule is Cc1cccc(CSCC(=O)N2CCC(C(=O)N3CC(C)OC(C)C3)CC2)c1. The summed E-state index contributed by atoms with van der Waals surface area (Å²) in [4.78, 5) is 29.2. The van der Waals surface area contributed by atoms with Crippen LogP contribution in [-0.4, -0.2) is 65.8 Å². The molecule has 2 aliphatic rings. The Hall–Kier alpha value is -1.53. The molecule has 2 unspecified atom stereocenters. The Bertz CT molecular complexity index is 678. The van der Waals surface area contributed by atoms with Crippen LogP contribution in [0.2, 0.25) is 0 Å². The fourth-order valence-electron chi connectivity index (χ4n) is 4.14. The van der Waals surface area contributed by atoms with Crippen LogP contribution in [-0.2, 0) is 20.1 Å². The van der Waals surface area contributed by atoms with Gasteiger partial charge in [0.15, 0.2) is 0 Å². The summed E-state index contributed by atoms with van der Waals surface area (Å²) in [6.07, 6.45) is 1.74. The molecule has 0 saturated carbocycles. The van der Waals surface area contributed by atoms with Crippen molar-refractivity contribution in [3.05, 3.63) is 35.4 Å². The summed E-state index contributed by atoms with van der Waals surface area (Å²) in [6, 6.07) is 8.42. The number of hydrogen-bond acceptors (Lipinski definition) is 4. The van der Waals surface area contributed by atoms with Crippen molar-refractivity contribution >= 4 is 23.6 Å². The molecule has 0 spiro atoms. The fourth-order valence-corrected chi connectivity index (χ4v) is 5.02. The third-order valence-corrected chi connectivity index (χ3v) is 6.49. The van der Waals surface area contributed by atoms with Gasteiger partial charge in [-0.2, -0.15) is 0 Å². The summed E-state index contributed by atoms with van der Waals surface area (Å²) in [6.45, 7) is 8.86. The van der Waals surface area contributed by atoms with Crippen LogP contribution in [0.4, 0.5) is 0 Å². The molecule has 2 saturated heterocycles. The minimum atomic E-state index is 0.0431. The number of benzene rings is 1. The Labute approximate surface area is 172 Å². The van der Waals surface area contributed by atoms with Crippen molar-refractivity contribution in [2.24, 2.45) is 5.92 Å². The van der Waals surface area contributed by atoms with Gasteiger partial charge in [-0.3, -0.25) is 9.59 Å². The highest BCUT2D eigenvalue weighted by atomic mass is 32.2. The molecule has 0 N–H and O–H groups in total. The largest absolute Gasteiger partial charge is 0.372 e. The summed E-state index contributed by atoms with van der Waals surface area (Å²) in [7, 11) is 0. The summed E-state index contributed by atoms with van der Waals surface area (Å²) in [5, 5.41) is 0. The van der Waals surface area contributed by atoms with Crippen LogP contribution in [0.25, 0.3) is 0 Å². The van der Waals surface area contributed by atoms with Gasteiger partial charge in [-0.1, -0.05) is 29.8 Å². The van der Waals surface area contributed by atoms with Gasteiger partial charge in [0.2, 0.25) is 11.8 Å². The molecule has 1 aromatic rings. The lowest BCUT2D eigenvalue weighted by atomic mass is 9.94. The molecule has 6 heteroatoms. The second kappa shape index (κ2) is 9.79. The molecule has 0 radical (unpaired) electrons. The molecule has 2 amide bonds. The van der Waals surface area contributed by atoms with Gasteiger partial charge >= 0.3 is 0 Å². The van der Waals surface area contributed by atoms with Gasteiger partial charge in [-0.25, -0.2) is 0 Å². The van der Waals surface area contributed by atoms with E-state index in [1.54, 1.807) is 11.8 Å². The number of rotatable bonds is 5. The Morgan fingerprint density at radius 2 is 1.79 bits per heavy atom. The third kappa shape index (κ3) is 5.74. The third-order valence-electron chi connectivity index (χ3n) is 5.50. The van der Waals surface area contributed by atoms with Gasteiger partial charge < -0.3 is 14.5 Å². The second-order valence-corrected chi connectivity index (χ2v) is 9.12. The Balaban J connectivity index is 1.40. The molecule has 2 atom stereocenters. The molecular formula is C22H32N2O3S. The van der Waals surface area contributed by atoms with E-state index in [9.17, 15) is 9.59 Å². The van der Waals surface area contributed by atoms with Crippen molar-refractivity contribution in [1.29, 1.82) is 0 Å². The predicted molar refractivity (Wildman–Crippen MR) is 113 cm³/mol. The van der Waals surface area contributed by atoms with Gasteiger partial charge in [0.05, 0.1) is 18.0 Å². The summed E-state index contributed by atoms with van der Waals surface area (Å²) < 4.78 is 5.73. The van der Waals surface area contributed by atoms with Crippen LogP contribution in [0.1, 0.15) is 37.8 Å². The number of carbonyl (C=O) groups excluding carboxylic acids is 2. The summed E-state index contributed by atoms with van der Waals surface area (Å²) in [5.41, 5.74) is 2.51. The number of likely N-dealkylation sites (tertiary alicyclic amines) is 1. The molecule has 0 bridgehead atoms. The first kappa shape index (κ1) is 21.2. The van der Waals surface area contributed by atoms with E-state index in [0.29, 0.717) is 31.9 Å². The zero-order valence-electron chi connectivity index (χ0n) is 17.2. The molecule has 28 heavy (non-hydrogen) atoms. The number of nitrogens with zero attached hydrogens (tertiary/aromatic N) is 2. The zero-order valence-corrected chi connectivity index (χ0v) is 18.0. The smallest absolute Gasteiger partial charge is 0.232 e. The first-order valence-corrected chi connectivity index (χ1v) is 11.4. The highest BCUT2D eigenvalue weighted by Crippen LogP contribution is 2.23. The van der Waals surface area contributed by atoms with E-state index in [-0.39, 0.29) is 29.9 Å². The second-order valence-electron chi connectivity index (χ2n) is 8.14. The van der Waals surface area contributed by atoms with E-state index in [4.69, 9.17) is 4.74 Å². The average Bonchev–Trinajstić information content (AvgIpc) is 2.67. The number of piperidine rings is 1. The van der Waals surface area contributed by atoms with E-state index in [0.717, 1.165) is 18.6 Å². The molecule has 154 valence electrons. The van der Waals surface area contributed by atoms with Crippen molar-refractivity contribution in [2.45, 2.75) is 51.6 Å². The van der Waals surface area contributed by atoms with Gasteiger partial charge in [0.25, 0.3) is 0 Å². The molecule has 2 aliphatic heterocycles. The van der Waals surface area contributed by atoms with Crippen molar-refractivity contribution in [1.82, 2.24) is 9.80 Å². The monoisotopic (exact) mass is 404 g/mol. The minimum Gasteiger partial charge on any atom is -0.372 e. The quantitative estimate of drug-likeness (QED) is 0.757. The van der Waals surface area contributed by atoms with Gasteiger partial charge in [-0.15, -0.1) is 11.8 Å². The predicted octanol–water partition coefficient (Wildman–Crippen LogP) is 3.10. The lowest BCUT2D eigenvalue weighted by Crippen LogP contribution is -2.52. The topological polar surface area (TPSA) is 49.9 Å². The van der Waals surface area contributed by atoms with Crippen LogP contribution in [0.5, 0.6) is 0 Å². The van der Waals surface area contributed by atoms with Crippen molar-refractivity contribution in [2.75, 3.05) is 31.9 Å². The van der Waals surface area contributed by atoms with Crippen LogP contribution in [0, 0.1) is 12.8 Å². The molecule has 3 rings (SSSR count). The van der Waals surface area contributed by atoms with E-state index in [1.165, 1.54) is 11.1 Å². The van der Waals surface area contributed by atoms with Crippen LogP contribution in [0.3, 0.4) is 0 Å². The zero-order chi connectivity index (χ0) is 20.1. The van der Waals surface area contributed by atoms with Crippen LogP contribution in [0.15, 0.2) is 24.3 Å². The molecule has 2 heterocycles. The van der Waals surface area contributed by atoms with E-state index in [2.05, 4.69) is 31.2 Å². The summed E-state index contributed by atoms with van der Waals surface area (Å²) in [5.74, 6) is 1.84. The lowest BCUT2D eigenvalue weighted by Gasteiger charge is -2.39. The molecular weight excluding hydrogens is 372 g/mol. The number of ether oxygens (including phenoxy) is 1. The first-order valence-electron chi connectivity index (χ1n) is 10.3. The average molecular weight is 405 g/mol. The van der Waals surface area contributed by atoms with Crippen molar-refractivity contribution in [3.8, 4) is 0 Å². The number of morpholine rings is 1. The molecule has 2 fully saturated rings. The van der Waals surface area contributed by atoms with Crippen molar-refractivity contribution < 1.29 is 14.3 Å². The van der Waals surface area contributed by atoms with Crippen LogP contribution < -0.4 is 0 Å². The van der Waals surface area contributed by atoms with Crippen molar-refractivity contribution in [3.63, 3.8) is 0 Å². The Morgan fingerprint density at radius 3 is 2.43 bits per heavy atom. The highest BCUT2D eigenvalue weighted by Gasteiger charge is 2.33. The van der Waals surface area contributed by atoms with Crippen LogP contribution >= 0.6 is 11.8 Å². The summed E-state index contributed by atoms with van der Waals surface area (Å²) >= 11 is 1.67. The molecule has 0 aliphatic carbocycles. The normalized spacial score (nSPS) is 23.7. The molecule has 0 aromatic heterocycles. The van der Waals surface area contributed by atoms with Gasteiger partial charge in [0, 0.05) is 37.8 Å². The minimum absolute atomic E-state index is 0.0431. The van der Waals surface area contributed by atoms with Gasteiger partial charge in [0.1, 0.15) is 0 Å². The number of hydrogen-bond donors (Lipinski definition) is 0. The fraction of sp³-hybridized carbons (Fsp3) is 0.636. The Morgan fingerprint density at radius 1 is 1.11 bits per heavy atom. The first-order chi connectivity index (χ1) is 13.4. The highest BCUT2D eigenvalue weighted by molar-refractivity contribution is 7.99. The maximum Gasteiger partial charge on any atom is 0.232 e. The molecule has 5 nitrogen and oxygen atoms in total. The van der Waals surface area contributed by atoms with E-state index >= 15 is 0 Å². The Kier molecular flexibility index (Phi) is 7.41. The maximum atomic E-state index is 12.8. The van der Waals surface area contributed by atoms with E-state index < -0.39 is 0 Å².